The van der Waals surface area contributed by atoms with Crippen molar-refractivity contribution in [2.75, 3.05) is 0 Å². The summed E-state index contributed by atoms with van der Waals surface area (Å²) >= 11 is 0. The summed E-state index contributed by atoms with van der Waals surface area (Å²) in [5, 5.41) is 25.0. The van der Waals surface area contributed by atoms with Gasteiger partial charge in [0.15, 0.2) is 0 Å². The normalized spacial score (nSPS) is 0.889. The molecule has 0 saturated carbocycles. The number of rotatable bonds is 0. The molecule has 9 heavy (non-hydrogen) atoms. The van der Waals surface area contributed by atoms with E-state index in [1.807, 2.05) is 0 Å². The topological polar surface area (TPSA) is 95.2 Å². The molecule has 48 valence electrons. The fourth-order valence-corrected chi connectivity index (χ4v) is 0. The van der Waals surface area contributed by atoms with Crippen LogP contribution in [0.25, 0.3) is 0 Å². The third kappa shape index (κ3) is 78.6. The number of hydrogen-bond acceptors (Lipinski definition) is 4. The smallest absolute Gasteiger partial charge is 0.512 e. The van der Waals surface area contributed by atoms with Crippen molar-refractivity contribution in [3.05, 3.63) is 26.3 Å². The maximum absolute atomic E-state index is 6.25. The van der Waals surface area contributed by atoms with E-state index in [9.17, 15) is 0 Å². The van der Waals surface area contributed by atoms with Crippen LogP contribution in [0, 0.1) is 47.3 Å². The van der Waals surface area contributed by atoms with Crippen molar-refractivity contribution < 1.29 is 21.1 Å². The Balaban J connectivity index is -0.00000000762. The summed E-state index contributed by atoms with van der Waals surface area (Å²) < 4.78 is 0. The predicted molar refractivity (Wildman–Crippen MR) is 19.9 cm³/mol. The molecule has 0 amide bonds. The molecular formula is C4N4Pt-2. The molecule has 0 aromatic heterocycles. The Hall–Kier alpha value is -1.35. The van der Waals surface area contributed by atoms with Gasteiger partial charge >= 0.3 is 21.1 Å². The van der Waals surface area contributed by atoms with Crippen molar-refractivity contribution in [2.45, 2.75) is 0 Å². The first-order valence-corrected chi connectivity index (χ1v) is 0.894. The summed E-state index contributed by atoms with van der Waals surface area (Å²) in [4.78, 5) is 0. The predicted octanol–water partition coefficient (Wildman–Crippen LogP) is 0.383. The summed E-state index contributed by atoms with van der Waals surface area (Å²) in [7, 11) is 0. The van der Waals surface area contributed by atoms with Gasteiger partial charge in [0.1, 0.15) is 0 Å². The second-order valence-electron chi connectivity index (χ2n) is 0. The Morgan fingerprint density at radius 3 is 0.444 bits per heavy atom. The minimum absolute atomic E-state index is 0. The van der Waals surface area contributed by atoms with Crippen LogP contribution in [-0.2, 0) is 21.1 Å². The zero-order chi connectivity index (χ0) is 8.00. The van der Waals surface area contributed by atoms with Crippen LogP contribution in [0.5, 0.6) is 0 Å². The molecule has 0 rings (SSSR count). The van der Waals surface area contributed by atoms with Gasteiger partial charge in [0.05, 0.1) is 0 Å². The Morgan fingerprint density at radius 2 is 0.444 bits per heavy atom. The fraction of sp³-hybridized carbons (Fsp3) is 0. The maximum atomic E-state index is 6.25. The van der Waals surface area contributed by atoms with Gasteiger partial charge in [-0.15, -0.1) is 0 Å². The second kappa shape index (κ2) is 116. The molecule has 0 aliphatic rings. The van der Waals surface area contributed by atoms with Gasteiger partial charge in [-0.1, -0.05) is 0 Å². The first kappa shape index (κ1) is 48.2. The summed E-state index contributed by atoms with van der Waals surface area (Å²) in [6.45, 7) is 19.0. The average molecular weight is 299 g/mol. The largest absolute Gasteiger partial charge is 2.00 e. The van der Waals surface area contributed by atoms with Crippen LogP contribution < -0.4 is 0 Å². The summed E-state index contributed by atoms with van der Waals surface area (Å²) in [6, 6.07) is 0. The third-order valence-electron chi connectivity index (χ3n) is 0. The minimum Gasteiger partial charge on any atom is -0.512 e. The summed E-state index contributed by atoms with van der Waals surface area (Å²) in [6.07, 6.45) is 0. The molecule has 0 spiro atoms. The van der Waals surface area contributed by atoms with E-state index < -0.39 is 0 Å². The zero-order valence-electron chi connectivity index (χ0n) is 4.11. The van der Waals surface area contributed by atoms with Gasteiger partial charge in [0.25, 0.3) is 0 Å². The minimum atomic E-state index is 0. The van der Waals surface area contributed by atoms with Crippen LogP contribution in [0.2, 0.25) is 0 Å². The average Bonchev–Trinajstić information content (AvgIpc) is 2.03. The van der Waals surface area contributed by atoms with E-state index in [0.717, 1.165) is 0 Å². The summed E-state index contributed by atoms with van der Waals surface area (Å²) in [5.41, 5.74) is 0. The molecule has 0 radical (unpaired) electrons. The molecule has 0 aromatic carbocycles. The van der Waals surface area contributed by atoms with Crippen molar-refractivity contribution in [3.63, 3.8) is 0 Å². The molecule has 0 aliphatic carbocycles. The van der Waals surface area contributed by atoms with Gasteiger partial charge in [0, 0.05) is 0 Å². The van der Waals surface area contributed by atoms with Gasteiger partial charge in [-0.2, -0.15) is 0 Å². The van der Waals surface area contributed by atoms with E-state index in [1.54, 1.807) is 0 Å². The third-order valence-corrected chi connectivity index (χ3v) is 0. The Kier molecular flexibility index (Phi) is 622. The van der Waals surface area contributed by atoms with Crippen LogP contribution in [0.3, 0.4) is 0 Å². The van der Waals surface area contributed by atoms with Gasteiger partial charge < -0.3 is 47.3 Å². The Bertz CT molecular complexity index is 55.5. The van der Waals surface area contributed by atoms with E-state index >= 15 is 0 Å². The quantitative estimate of drug-likeness (QED) is 0.604. The van der Waals surface area contributed by atoms with Gasteiger partial charge in [-0.05, 0) is 0 Å². The molecule has 0 heterocycles. The van der Waals surface area contributed by atoms with Crippen LogP contribution in [-0.4, -0.2) is 0 Å². The van der Waals surface area contributed by atoms with Crippen LogP contribution in [0.15, 0.2) is 0 Å². The first-order chi connectivity index (χ1) is 4.00. The van der Waals surface area contributed by atoms with Crippen molar-refractivity contribution >= 4 is 0 Å². The monoisotopic (exact) mass is 299 g/mol. The molecule has 0 aromatic rings. The van der Waals surface area contributed by atoms with E-state index in [-0.39, 0.29) is 21.1 Å². The zero-order valence-corrected chi connectivity index (χ0v) is 6.38. The van der Waals surface area contributed by atoms with Gasteiger partial charge in [-0.3, -0.25) is 0 Å². The fourth-order valence-electron chi connectivity index (χ4n) is 0. The molecule has 0 saturated heterocycles. The van der Waals surface area contributed by atoms with Crippen molar-refractivity contribution in [2.24, 2.45) is 0 Å². The maximum Gasteiger partial charge on any atom is 2.00 e. The van der Waals surface area contributed by atoms with Gasteiger partial charge in [-0.25, -0.2) is 0 Å². The summed E-state index contributed by atoms with van der Waals surface area (Å²) in [5.74, 6) is 0. The van der Waals surface area contributed by atoms with Crippen LogP contribution in [0.4, 0.5) is 0 Å². The van der Waals surface area contributed by atoms with Crippen LogP contribution >= 0.6 is 0 Å². The van der Waals surface area contributed by atoms with Crippen LogP contribution in [0.1, 0.15) is 0 Å². The molecule has 5 heteroatoms. The van der Waals surface area contributed by atoms with E-state index in [1.165, 1.54) is 0 Å². The van der Waals surface area contributed by atoms with E-state index in [4.69, 9.17) is 47.3 Å². The number of nitrogens with zero attached hydrogens (tertiary/aromatic N) is 4. The van der Waals surface area contributed by atoms with Crippen molar-refractivity contribution in [1.29, 1.82) is 21.0 Å². The van der Waals surface area contributed by atoms with Gasteiger partial charge in [0.2, 0.25) is 0 Å². The molecule has 0 atom stereocenters. The van der Waals surface area contributed by atoms with Crippen molar-refractivity contribution in [3.8, 4) is 0 Å². The number of hydrogen-bond donors (Lipinski definition) is 0. The van der Waals surface area contributed by atoms with Crippen molar-refractivity contribution in [1.82, 2.24) is 0 Å². The van der Waals surface area contributed by atoms with E-state index in [0.29, 0.717) is 0 Å². The second-order valence-corrected chi connectivity index (χ2v) is 0. The van der Waals surface area contributed by atoms with E-state index in [2.05, 4.69) is 0 Å². The molecule has 0 N–H and O–H groups in total. The Morgan fingerprint density at radius 1 is 0.444 bits per heavy atom. The SMILES string of the molecule is [C-]#N.[C-]#N.[C-]#N.[C-]#N.[Pt+2]. The molecule has 0 fully saturated rings. The molecule has 0 aliphatic heterocycles. The molecule has 0 bridgehead atoms. The first-order valence-electron chi connectivity index (χ1n) is 0.894. The molecule has 0 unspecified atom stereocenters. The Labute approximate surface area is 68.8 Å². The standard InChI is InChI=1S/4CN.Pt/c4*1-2;/q4*-1;+2. The molecule has 4 nitrogen and oxygen atoms in total. The molecular weight excluding hydrogens is 299 g/mol.